The number of benzene rings is 2. The van der Waals surface area contributed by atoms with Crippen LogP contribution in [0.1, 0.15) is 28.1 Å². The van der Waals surface area contributed by atoms with Crippen LogP contribution >= 0.6 is 11.3 Å². The fourth-order valence-electron chi connectivity index (χ4n) is 4.11. The molecule has 0 N–H and O–H groups in total. The van der Waals surface area contributed by atoms with Gasteiger partial charge in [-0.1, -0.05) is 41.2 Å². The summed E-state index contributed by atoms with van der Waals surface area (Å²) in [5.74, 6) is 0. The lowest BCUT2D eigenvalue weighted by Gasteiger charge is -2.13. The van der Waals surface area contributed by atoms with Crippen LogP contribution in [0, 0.1) is 27.7 Å². The SMILES string of the molecule is Cc1ccc(-n2c(C)cc(C=c3sc4nc5ccccc5n4c3=O)c2C)c(C)c1. The van der Waals surface area contributed by atoms with E-state index < -0.39 is 0 Å². The molecule has 3 heterocycles. The molecule has 0 saturated carbocycles. The molecule has 0 radical (unpaired) electrons. The Balaban J connectivity index is 1.71. The van der Waals surface area contributed by atoms with Gasteiger partial charge in [-0.05, 0) is 69.2 Å². The first-order valence-corrected chi connectivity index (χ1v) is 10.4. The van der Waals surface area contributed by atoms with Crippen molar-refractivity contribution in [1.82, 2.24) is 14.0 Å². The Bertz CT molecular complexity index is 1520. The molecule has 0 bridgehead atoms. The number of imidazole rings is 1. The second kappa shape index (κ2) is 6.42. The molecule has 0 atom stereocenters. The van der Waals surface area contributed by atoms with E-state index >= 15 is 0 Å². The summed E-state index contributed by atoms with van der Waals surface area (Å²) in [6, 6.07) is 16.4. The van der Waals surface area contributed by atoms with Crippen molar-refractivity contribution in [2.24, 2.45) is 0 Å². The number of aromatic nitrogens is 3. The van der Waals surface area contributed by atoms with Gasteiger partial charge in [-0.3, -0.25) is 4.79 Å². The minimum atomic E-state index is -0.00461. The normalized spacial score (nSPS) is 12.5. The van der Waals surface area contributed by atoms with Crippen LogP contribution in [0.5, 0.6) is 0 Å². The molecule has 0 aliphatic rings. The second-order valence-corrected chi connectivity index (χ2v) is 8.60. The first kappa shape index (κ1) is 17.9. The number of hydrogen-bond acceptors (Lipinski definition) is 3. The highest BCUT2D eigenvalue weighted by molar-refractivity contribution is 7.15. The summed E-state index contributed by atoms with van der Waals surface area (Å²) in [7, 11) is 0. The number of rotatable bonds is 2. The maximum Gasteiger partial charge on any atom is 0.274 e. The van der Waals surface area contributed by atoms with Crippen LogP contribution in [-0.2, 0) is 0 Å². The van der Waals surface area contributed by atoms with Gasteiger partial charge in [0.25, 0.3) is 5.56 Å². The van der Waals surface area contributed by atoms with Crippen LogP contribution in [0.2, 0.25) is 0 Å². The number of fused-ring (bicyclic) bond motifs is 3. The van der Waals surface area contributed by atoms with Gasteiger partial charge >= 0.3 is 0 Å². The maximum absolute atomic E-state index is 13.1. The third-order valence-electron chi connectivity index (χ3n) is 5.50. The molecule has 0 unspecified atom stereocenters. The third-order valence-corrected chi connectivity index (χ3v) is 6.46. The molecule has 3 aromatic heterocycles. The summed E-state index contributed by atoms with van der Waals surface area (Å²) in [5.41, 5.74) is 8.74. The monoisotopic (exact) mass is 399 g/mol. The molecule has 0 aliphatic heterocycles. The van der Waals surface area contributed by atoms with Crippen molar-refractivity contribution in [2.45, 2.75) is 27.7 Å². The fraction of sp³-hybridized carbons (Fsp3) is 0.167. The average molecular weight is 400 g/mol. The Morgan fingerprint density at radius 1 is 1.00 bits per heavy atom. The summed E-state index contributed by atoms with van der Waals surface area (Å²) in [6.07, 6.45) is 2.00. The predicted molar refractivity (Wildman–Crippen MR) is 120 cm³/mol. The van der Waals surface area contributed by atoms with E-state index in [0.717, 1.165) is 32.9 Å². The molecule has 0 aliphatic carbocycles. The second-order valence-electron chi connectivity index (χ2n) is 7.59. The van der Waals surface area contributed by atoms with Crippen molar-refractivity contribution >= 4 is 33.4 Å². The minimum Gasteiger partial charge on any atom is -0.318 e. The number of hydrogen-bond donors (Lipinski definition) is 0. The molecule has 5 aromatic rings. The van der Waals surface area contributed by atoms with Crippen molar-refractivity contribution in [3.63, 3.8) is 0 Å². The van der Waals surface area contributed by atoms with E-state index in [4.69, 9.17) is 0 Å². The largest absolute Gasteiger partial charge is 0.318 e. The van der Waals surface area contributed by atoms with Gasteiger partial charge in [-0.15, -0.1) is 0 Å². The van der Waals surface area contributed by atoms with Gasteiger partial charge < -0.3 is 4.57 Å². The Hall–Kier alpha value is -3.18. The molecule has 144 valence electrons. The van der Waals surface area contributed by atoms with E-state index in [9.17, 15) is 4.79 Å². The molecule has 0 spiro atoms. The summed E-state index contributed by atoms with van der Waals surface area (Å²) < 4.78 is 4.69. The van der Waals surface area contributed by atoms with Crippen LogP contribution in [-0.4, -0.2) is 14.0 Å². The Morgan fingerprint density at radius 2 is 1.79 bits per heavy atom. The lowest BCUT2D eigenvalue weighted by Crippen LogP contribution is -2.22. The van der Waals surface area contributed by atoms with E-state index in [1.807, 2.05) is 30.3 Å². The molecule has 0 saturated heterocycles. The van der Waals surface area contributed by atoms with Gasteiger partial charge in [-0.25, -0.2) is 9.38 Å². The molecule has 5 rings (SSSR count). The van der Waals surface area contributed by atoms with Crippen LogP contribution in [0.25, 0.3) is 27.8 Å². The maximum atomic E-state index is 13.1. The fourth-order valence-corrected chi connectivity index (χ4v) is 5.09. The Morgan fingerprint density at radius 3 is 2.59 bits per heavy atom. The van der Waals surface area contributed by atoms with Crippen LogP contribution in [0.15, 0.2) is 53.3 Å². The van der Waals surface area contributed by atoms with Gasteiger partial charge in [0.15, 0.2) is 4.96 Å². The quantitative estimate of drug-likeness (QED) is 0.439. The van der Waals surface area contributed by atoms with Gasteiger partial charge in [0.2, 0.25) is 0 Å². The van der Waals surface area contributed by atoms with Gasteiger partial charge in [0.05, 0.1) is 15.6 Å². The Labute approximate surface area is 172 Å². The summed E-state index contributed by atoms with van der Waals surface area (Å²) >= 11 is 1.44. The highest BCUT2D eigenvalue weighted by Gasteiger charge is 2.14. The minimum absolute atomic E-state index is 0.00461. The molecule has 2 aromatic carbocycles. The number of thiazole rings is 1. The van der Waals surface area contributed by atoms with E-state index in [1.54, 1.807) is 4.40 Å². The lowest BCUT2D eigenvalue weighted by atomic mass is 10.1. The highest BCUT2D eigenvalue weighted by atomic mass is 32.1. The Kier molecular flexibility index (Phi) is 3.96. The standard InChI is InChI=1S/C24H21N3OS/c1-14-9-10-20(15(2)11-14)26-16(3)12-18(17(26)4)13-22-23(28)27-21-8-6-5-7-19(21)25-24(27)29-22/h5-13H,1-4H3. The van der Waals surface area contributed by atoms with Gasteiger partial charge in [0.1, 0.15) is 0 Å². The molecule has 0 amide bonds. The van der Waals surface area contributed by atoms with Crippen molar-refractivity contribution < 1.29 is 0 Å². The highest BCUT2D eigenvalue weighted by Crippen LogP contribution is 2.24. The van der Waals surface area contributed by atoms with Crippen molar-refractivity contribution in [3.8, 4) is 5.69 Å². The summed E-state index contributed by atoms with van der Waals surface area (Å²) in [6.45, 7) is 8.46. The van der Waals surface area contributed by atoms with Gasteiger partial charge in [-0.2, -0.15) is 0 Å². The molecule has 4 nitrogen and oxygen atoms in total. The molecular weight excluding hydrogens is 378 g/mol. The zero-order chi connectivity index (χ0) is 20.3. The van der Waals surface area contributed by atoms with Gasteiger partial charge in [0, 0.05) is 17.1 Å². The number of para-hydroxylation sites is 2. The summed E-state index contributed by atoms with van der Waals surface area (Å²) in [4.78, 5) is 18.4. The van der Waals surface area contributed by atoms with Crippen molar-refractivity contribution in [3.05, 3.63) is 91.5 Å². The molecule has 5 heteroatoms. The van der Waals surface area contributed by atoms with E-state index in [2.05, 4.69) is 61.5 Å². The molecule has 29 heavy (non-hydrogen) atoms. The van der Waals surface area contributed by atoms with Crippen molar-refractivity contribution in [2.75, 3.05) is 0 Å². The zero-order valence-electron chi connectivity index (χ0n) is 16.9. The van der Waals surface area contributed by atoms with Crippen LogP contribution in [0.4, 0.5) is 0 Å². The van der Waals surface area contributed by atoms with Crippen LogP contribution in [0.3, 0.4) is 0 Å². The first-order chi connectivity index (χ1) is 13.9. The van der Waals surface area contributed by atoms with E-state index in [-0.39, 0.29) is 5.56 Å². The average Bonchev–Trinajstić information content (AvgIpc) is 3.28. The number of aryl methyl sites for hydroxylation is 3. The lowest BCUT2D eigenvalue weighted by molar-refractivity contribution is 0.952. The summed E-state index contributed by atoms with van der Waals surface area (Å²) in [5, 5.41) is 0. The van der Waals surface area contributed by atoms with E-state index in [0.29, 0.717) is 4.53 Å². The predicted octanol–water partition coefficient (Wildman–Crippen LogP) is 4.48. The topological polar surface area (TPSA) is 39.3 Å². The molecular formula is C24H21N3OS. The van der Waals surface area contributed by atoms with Crippen molar-refractivity contribution in [1.29, 1.82) is 0 Å². The van der Waals surface area contributed by atoms with Crippen LogP contribution < -0.4 is 10.1 Å². The zero-order valence-corrected chi connectivity index (χ0v) is 17.7. The number of nitrogens with zero attached hydrogens (tertiary/aromatic N) is 3. The smallest absolute Gasteiger partial charge is 0.274 e. The third kappa shape index (κ3) is 2.73. The van der Waals surface area contributed by atoms with E-state index in [1.165, 1.54) is 28.2 Å². The molecule has 0 fully saturated rings. The first-order valence-electron chi connectivity index (χ1n) is 9.62.